The van der Waals surface area contributed by atoms with Gasteiger partial charge in [0.2, 0.25) is 11.8 Å². The Hall–Kier alpha value is -1.88. The SMILES string of the molecule is CN1C(=O)CCc2cc(C(N)C(N)=O)ccc21. The van der Waals surface area contributed by atoms with Crippen LogP contribution < -0.4 is 16.4 Å². The number of carbonyl (C=O) groups excluding carboxylic acids is 2. The zero-order valence-corrected chi connectivity index (χ0v) is 9.64. The first kappa shape index (κ1) is 11.6. The van der Waals surface area contributed by atoms with Crippen molar-refractivity contribution < 1.29 is 9.59 Å². The van der Waals surface area contributed by atoms with E-state index in [0.717, 1.165) is 11.3 Å². The molecule has 0 spiro atoms. The maximum Gasteiger partial charge on any atom is 0.238 e. The summed E-state index contributed by atoms with van der Waals surface area (Å²) in [7, 11) is 1.74. The quantitative estimate of drug-likeness (QED) is 0.758. The van der Waals surface area contributed by atoms with Crippen LogP contribution in [0.25, 0.3) is 0 Å². The number of nitrogens with two attached hydrogens (primary N) is 2. The van der Waals surface area contributed by atoms with E-state index < -0.39 is 11.9 Å². The van der Waals surface area contributed by atoms with Crippen molar-refractivity contribution in [3.05, 3.63) is 29.3 Å². The molecule has 1 aliphatic rings. The van der Waals surface area contributed by atoms with Crippen LogP contribution in [0.4, 0.5) is 5.69 Å². The van der Waals surface area contributed by atoms with Crippen molar-refractivity contribution in [1.82, 2.24) is 0 Å². The lowest BCUT2D eigenvalue weighted by atomic mass is 9.96. The fourth-order valence-electron chi connectivity index (χ4n) is 2.03. The summed E-state index contributed by atoms with van der Waals surface area (Å²) in [5.74, 6) is -0.449. The Morgan fingerprint density at radius 1 is 1.41 bits per heavy atom. The lowest BCUT2D eigenvalue weighted by Gasteiger charge is -2.26. The predicted octanol–water partition coefficient (Wildman–Crippen LogP) is 0.0807. The van der Waals surface area contributed by atoms with Crippen molar-refractivity contribution in [2.45, 2.75) is 18.9 Å². The lowest BCUT2D eigenvalue weighted by Crippen LogP contribution is -2.32. The van der Waals surface area contributed by atoms with Crippen LogP contribution in [0.3, 0.4) is 0 Å². The minimum Gasteiger partial charge on any atom is -0.368 e. The summed E-state index contributed by atoms with van der Waals surface area (Å²) in [6.45, 7) is 0. The number of nitrogens with zero attached hydrogens (tertiary/aromatic N) is 1. The molecule has 0 aromatic heterocycles. The van der Waals surface area contributed by atoms with Gasteiger partial charge in [-0.05, 0) is 23.6 Å². The third kappa shape index (κ3) is 2.01. The molecule has 1 heterocycles. The zero-order chi connectivity index (χ0) is 12.6. The Kier molecular flexibility index (Phi) is 2.85. The van der Waals surface area contributed by atoms with Crippen LogP contribution in [0.5, 0.6) is 0 Å². The molecule has 17 heavy (non-hydrogen) atoms. The third-order valence-corrected chi connectivity index (χ3v) is 3.11. The summed E-state index contributed by atoms with van der Waals surface area (Å²) in [5, 5.41) is 0. The van der Waals surface area contributed by atoms with Crippen molar-refractivity contribution in [1.29, 1.82) is 0 Å². The second kappa shape index (κ2) is 4.18. The third-order valence-electron chi connectivity index (χ3n) is 3.11. The first-order chi connectivity index (χ1) is 8.00. The van der Waals surface area contributed by atoms with Gasteiger partial charge < -0.3 is 16.4 Å². The van der Waals surface area contributed by atoms with Gasteiger partial charge in [-0.15, -0.1) is 0 Å². The molecule has 1 aromatic rings. The van der Waals surface area contributed by atoms with Crippen molar-refractivity contribution >= 4 is 17.5 Å². The number of primary amides is 1. The molecule has 2 amide bonds. The van der Waals surface area contributed by atoms with Gasteiger partial charge in [0.15, 0.2) is 0 Å². The van der Waals surface area contributed by atoms with Crippen LogP contribution >= 0.6 is 0 Å². The number of amides is 2. The first-order valence-corrected chi connectivity index (χ1v) is 5.45. The second-order valence-electron chi connectivity index (χ2n) is 4.22. The van der Waals surface area contributed by atoms with E-state index in [4.69, 9.17) is 11.5 Å². The molecule has 0 radical (unpaired) electrons. The fraction of sp³-hybridized carbons (Fsp3) is 0.333. The van der Waals surface area contributed by atoms with Crippen LogP contribution in [-0.4, -0.2) is 18.9 Å². The van der Waals surface area contributed by atoms with Gasteiger partial charge in [-0.25, -0.2) is 0 Å². The smallest absolute Gasteiger partial charge is 0.238 e. The average Bonchev–Trinajstić information content (AvgIpc) is 2.32. The van der Waals surface area contributed by atoms with Crippen molar-refractivity contribution in [2.75, 3.05) is 11.9 Å². The number of aryl methyl sites for hydroxylation is 1. The number of carbonyl (C=O) groups is 2. The Morgan fingerprint density at radius 2 is 2.12 bits per heavy atom. The second-order valence-corrected chi connectivity index (χ2v) is 4.22. The molecule has 0 saturated carbocycles. The summed E-state index contributed by atoms with van der Waals surface area (Å²) in [6, 6.07) is 4.62. The zero-order valence-electron chi connectivity index (χ0n) is 9.64. The van der Waals surface area contributed by atoms with Gasteiger partial charge in [0.05, 0.1) is 0 Å². The minimum absolute atomic E-state index is 0.101. The molecular formula is C12H15N3O2. The standard InChI is InChI=1S/C12H15N3O2/c1-15-9-4-2-8(11(13)12(14)17)6-7(9)3-5-10(15)16/h2,4,6,11H,3,5,13H2,1H3,(H2,14,17). The van der Waals surface area contributed by atoms with Crippen LogP contribution in [0, 0.1) is 0 Å². The molecule has 90 valence electrons. The van der Waals surface area contributed by atoms with Crippen molar-refractivity contribution in [3.8, 4) is 0 Å². The molecule has 1 aliphatic heterocycles. The lowest BCUT2D eigenvalue weighted by molar-refractivity contribution is -0.119. The summed E-state index contributed by atoms with van der Waals surface area (Å²) in [5.41, 5.74) is 13.4. The molecule has 4 N–H and O–H groups in total. The Bertz CT molecular complexity index is 485. The molecule has 5 heteroatoms. The van der Waals surface area contributed by atoms with Gasteiger partial charge in [0, 0.05) is 19.2 Å². The summed E-state index contributed by atoms with van der Waals surface area (Å²) in [4.78, 5) is 24.2. The van der Waals surface area contributed by atoms with E-state index in [1.807, 2.05) is 12.1 Å². The molecule has 0 bridgehead atoms. The van der Waals surface area contributed by atoms with E-state index in [1.54, 1.807) is 18.0 Å². The number of hydrogen-bond donors (Lipinski definition) is 2. The molecule has 0 fully saturated rings. The highest BCUT2D eigenvalue weighted by molar-refractivity contribution is 5.96. The highest BCUT2D eigenvalue weighted by Gasteiger charge is 2.22. The highest BCUT2D eigenvalue weighted by atomic mass is 16.2. The highest BCUT2D eigenvalue weighted by Crippen LogP contribution is 2.28. The number of rotatable bonds is 2. The van der Waals surface area contributed by atoms with E-state index in [-0.39, 0.29) is 5.91 Å². The van der Waals surface area contributed by atoms with Crippen molar-refractivity contribution in [3.63, 3.8) is 0 Å². The number of benzene rings is 1. The Labute approximate surface area is 99.4 Å². The van der Waals surface area contributed by atoms with Gasteiger partial charge in [0.1, 0.15) is 6.04 Å². The van der Waals surface area contributed by atoms with E-state index in [1.165, 1.54) is 0 Å². The van der Waals surface area contributed by atoms with Crippen molar-refractivity contribution in [2.24, 2.45) is 11.5 Å². The molecule has 1 aromatic carbocycles. The molecule has 0 aliphatic carbocycles. The van der Waals surface area contributed by atoms with E-state index in [0.29, 0.717) is 18.4 Å². The predicted molar refractivity (Wildman–Crippen MR) is 64.3 cm³/mol. The Balaban J connectivity index is 2.39. The molecule has 2 rings (SSSR count). The Morgan fingerprint density at radius 3 is 2.76 bits per heavy atom. The fourth-order valence-corrected chi connectivity index (χ4v) is 2.03. The van der Waals surface area contributed by atoms with Crippen LogP contribution in [0.15, 0.2) is 18.2 Å². The first-order valence-electron chi connectivity index (χ1n) is 5.45. The number of anilines is 1. The summed E-state index contributed by atoms with van der Waals surface area (Å²) >= 11 is 0. The molecule has 0 saturated heterocycles. The molecule has 5 nitrogen and oxygen atoms in total. The average molecular weight is 233 g/mol. The molecule has 1 unspecified atom stereocenters. The van der Waals surface area contributed by atoms with Crippen LogP contribution in [0.2, 0.25) is 0 Å². The van der Waals surface area contributed by atoms with Crippen LogP contribution in [-0.2, 0) is 16.0 Å². The van der Waals surface area contributed by atoms with E-state index >= 15 is 0 Å². The monoisotopic (exact) mass is 233 g/mol. The van der Waals surface area contributed by atoms with Crippen LogP contribution in [0.1, 0.15) is 23.6 Å². The van der Waals surface area contributed by atoms with Gasteiger partial charge in [-0.2, -0.15) is 0 Å². The number of fused-ring (bicyclic) bond motifs is 1. The normalized spacial score (nSPS) is 16.6. The van der Waals surface area contributed by atoms with Gasteiger partial charge in [-0.1, -0.05) is 12.1 Å². The van der Waals surface area contributed by atoms with Gasteiger partial charge in [0.25, 0.3) is 0 Å². The largest absolute Gasteiger partial charge is 0.368 e. The molecule has 1 atom stereocenters. The maximum absolute atomic E-state index is 11.5. The maximum atomic E-state index is 11.5. The topological polar surface area (TPSA) is 89.4 Å². The van der Waals surface area contributed by atoms with Gasteiger partial charge in [-0.3, -0.25) is 9.59 Å². The minimum atomic E-state index is -0.789. The van der Waals surface area contributed by atoms with E-state index in [2.05, 4.69) is 0 Å². The summed E-state index contributed by atoms with van der Waals surface area (Å²) in [6.07, 6.45) is 1.16. The number of hydrogen-bond acceptors (Lipinski definition) is 3. The molecular weight excluding hydrogens is 218 g/mol. The van der Waals surface area contributed by atoms with E-state index in [9.17, 15) is 9.59 Å². The summed E-state index contributed by atoms with van der Waals surface area (Å²) < 4.78 is 0. The van der Waals surface area contributed by atoms with Gasteiger partial charge >= 0.3 is 0 Å².